The van der Waals surface area contributed by atoms with Crippen LogP contribution in [-0.2, 0) is 21.4 Å². The molecule has 39 heavy (non-hydrogen) atoms. The number of hydrogen-bond donors (Lipinski definition) is 2. The van der Waals surface area contributed by atoms with Crippen LogP contribution in [0.5, 0.6) is 0 Å². The zero-order valence-corrected chi connectivity index (χ0v) is 22.9. The molecule has 2 aliphatic heterocycles. The molecule has 0 spiro atoms. The summed E-state index contributed by atoms with van der Waals surface area (Å²) in [6.45, 7) is 2.81. The van der Waals surface area contributed by atoms with E-state index in [0.29, 0.717) is 30.9 Å². The number of likely N-dealkylation sites (tertiary alicyclic amines) is 1. The maximum absolute atomic E-state index is 13.4. The van der Waals surface area contributed by atoms with E-state index >= 15 is 0 Å². The Hall–Kier alpha value is -4.12. The number of benzene rings is 2. The molecule has 1 saturated heterocycles. The smallest absolute Gasteiger partial charge is 0.275 e. The van der Waals surface area contributed by atoms with Crippen LogP contribution in [0.1, 0.15) is 35.3 Å². The number of anilines is 3. The highest BCUT2D eigenvalue weighted by molar-refractivity contribution is 7.92. The Morgan fingerprint density at radius 3 is 2.26 bits per heavy atom. The molecule has 2 amide bonds. The Balaban J connectivity index is 1.34. The highest BCUT2D eigenvalue weighted by Crippen LogP contribution is 2.36. The summed E-state index contributed by atoms with van der Waals surface area (Å²) in [6.07, 6.45) is 0.870. The van der Waals surface area contributed by atoms with Crippen LogP contribution in [0, 0.1) is 5.92 Å². The van der Waals surface area contributed by atoms with Gasteiger partial charge in [-0.25, -0.2) is 8.42 Å². The Morgan fingerprint density at radius 1 is 0.923 bits per heavy atom. The third kappa shape index (κ3) is 5.40. The topological polar surface area (TPSA) is 121 Å². The van der Waals surface area contributed by atoms with Crippen molar-refractivity contribution >= 4 is 38.9 Å². The van der Waals surface area contributed by atoms with Gasteiger partial charge in [0.25, 0.3) is 21.5 Å². The fourth-order valence-corrected chi connectivity index (χ4v) is 6.46. The minimum absolute atomic E-state index is 0.0119. The molecule has 204 valence electrons. The SMILES string of the molecule is CC(=O)Nc1ccc(S(=O)(=O)Nc2ccc3n(c2=O)C[C@H]2C[C@@H]3CN(C(=O)c3ccc(N(C)C)cc3)C2)cc1. The van der Waals surface area contributed by atoms with Crippen molar-refractivity contribution < 1.29 is 18.0 Å². The first-order chi connectivity index (χ1) is 18.5. The molecule has 2 aromatic carbocycles. The molecule has 10 nitrogen and oxygen atoms in total. The Labute approximate surface area is 227 Å². The zero-order valence-electron chi connectivity index (χ0n) is 22.0. The van der Waals surface area contributed by atoms with Crippen molar-refractivity contribution in [3.05, 3.63) is 82.3 Å². The summed E-state index contributed by atoms with van der Waals surface area (Å²) in [5.74, 6) is -0.212. The minimum Gasteiger partial charge on any atom is -0.378 e. The molecule has 2 N–H and O–H groups in total. The molecule has 5 rings (SSSR count). The van der Waals surface area contributed by atoms with E-state index in [9.17, 15) is 22.8 Å². The van der Waals surface area contributed by atoms with Gasteiger partial charge in [-0.1, -0.05) is 0 Å². The van der Waals surface area contributed by atoms with Gasteiger partial charge >= 0.3 is 0 Å². The number of rotatable bonds is 6. The summed E-state index contributed by atoms with van der Waals surface area (Å²) in [5.41, 5.74) is 2.49. The number of pyridine rings is 1. The van der Waals surface area contributed by atoms with Gasteiger partial charge in [-0.15, -0.1) is 0 Å². The average Bonchev–Trinajstić information content (AvgIpc) is 2.90. The number of carbonyl (C=O) groups excluding carboxylic acids is 2. The summed E-state index contributed by atoms with van der Waals surface area (Å²) < 4.78 is 30.0. The van der Waals surface area contributed by atoms with Crippen LogP contribution in [0.4, 0.5) is 17.1 Å². The maximum atomic E-state index is 13.4. The first-order valence-electron chi connectivity index (χ1n) is 12.7. The van der Waals surface area contributed by atoms with Crippen LogP contribution in [-0.4, -0.2) is 56.9 Å². The van der Waals surface area contributed by atoms with E-state index in [4.69, 9.17) is 0 Å². The second-order valence-corrected chi connectivity index (χ2v) is 12.0. The Morgan fingerprint density at radius 2 is 1.62 bits per heavy atom. The Kier molecular flexibility index (Phi) is 6.94. The number of carbonyl (C=O) groups is 2. The van der Waals surface area contributed by atoms with Crippen molar-refractivity contribution in [1.82, 2.24) is 9.47 Å². The Bertz CT molecular complexity index is 1580. The highest BCUT2D eigenvalue weighted by atomic mass is 32.2. The first-order valence-corrected chi connectivity index (χ1v) is 14.2. The summed E-state index contributed by atoms with van der Waals surface area (Å²) in [5, 5.41) is 2.59. The van der Waals surface area contributed by atoms with Crippen molar-refractivity contribution in [3.8, 4) is 0 Å². The summed E-state index contributed by atoms with van der Waals surface area (Å²) >= 11 is 0. The largest absolute Gasteiger partial charge is 0.378 e. The van der Waals surface area contributed by atoms with Gasteiger partial charge in [0.2, 0.25) is 5.91 Å². The summed E-state index contributed by atoms with van der Waals surface area (Å²) in [6, 6.07) is 16.5. The molecular formula is C28H31N5O5S. The van der Waals surface area contributed by atoms with Crippen molar-refractivity contribution in [2.24, 2.45) is 5.92 Å². The lowest BCUT2D eigenvalue weighted by Crippen LogP contribution is -2.49. The second kappa shape index (κ2) is 10.2. The van der Waals surface area contributed by atoms with Gasteiger partial charge in [0.05, 0.1) is 4.90 Å². The van der Waals surface area contributed by atoms with Gasteiger partial charge in [-0.3, -0.25) is 19.1 Å². The number of nitrogens with zero attached hydrogens (tertiary/aromatic N) is 3. The van der Waals surface area contributed by atoms with E-state index in [1.165, 1.54) is 37.3 Å². The highest BCUT2D eigenvalue weighted by Gasteiger charge is 2.37. The third-order valence-corrected chi connectivity index (χ3v) is 8.63. The predicted octanol–water partition coefficient (Wildman–Crippen LogP) is 2.93. The maximum Gasteiger partial charge on any atom is 0.275 e. The molecular weight excluding hydrogens is 518 g/mol. The van der Waals surface area contributed by atoms with Crippen LogP contribution in [0.2, 0.25) is 0 Å². The standard InChI is InChI=1S/C28H31N5O5S/c1-18(34)29-22-6-10-24(11-7-22)39(37,38)30-25-12-13-26-21-14-19(16-33(26)28(25)36)15-32(17-21)27(35)20-4-8-23(9-5-20)31(2)3/h4-13,19,21,30H,14-17H2,1-3H3,(H,29,34)/t19-,21+/m0/s1. The van der Waals surface area contributed by atoms with E-state index in [0.717, 1.165) is 17.8 Å². The third-order valence-electron chi connectivity index (χ3n) is 7.25. The fourth-order valence-electron chi connectivity index (χ4n) is 5.40. The second-order valence-electron chi connectivity index (χ2n) is 10.3. The van der Waals surface area contributed by atoms with Crippen LogP contribution < -0.4 is 20.5 Å². The first kappa shape index (κ1) is 26.5. The molecule has 0 radical (unpaired) electrons. The number of piperidine rings is 1. The zero-order chi connectivity index (χ0) is 27.9. The number of nitrogens with one attached hydrogen (secondary N) is 2. The molecule has 2 bridgehead atoms. The van der Waals surface area contributed by atoms with Crippen molar-refractivity contribution in [1.29, 1.82) is 0 Å². The van der Waals surface area contributed by atoms with E-state index in [1.54, 1.807) is 10.6 Å². The molecule has 3 heterocycles. The van der Waals surface area contributed by atoms with Crippen molar-refractivity contribution in [2.75, 3.05) is 42.1 Å². The number of fused-ring (bicyclic) bond motifs is 4. The minimum atomic E-state index is -4.02. The number of sulfonamides is 1. The molecule has 0 unspecified atom stereocenters. The van der Waals surface area contributed by atoms with Crippen LogP contribution in [0.25, 0.3) is 0 Å². The number of amides is 2. The van der Waals surface area contributed by atoms with Crippen LogP contribution in [0.15, 0.2) is 70.4 Å². The molecule has 1 aromatic heterocycles. The van der Waals surface area contributed by atoms with E-state index in [1.807, 2.05) is 48.2 Å². The molecule has 3 aromatic rings. The lowest BCUT2D eigenvalue weighted by Gasteiger charge is -2.43. The van der Waals surface area contributed by atoms with Gasteiger partial charge in [0, 0.05) is 69.2 Å². The normalized spacial score (nSPS) is 18.2. The lowest BCUT2D eigenvalue weighted by atomic mass is 9.83. The number of hydrogen-bond acceptors (Lipinski definition) is 6. The average molecular weight is 550 g/mol. The molecule has 1 fully saturated rings. The lowest BCUT2D eigenvalue weighted by molar-refractivity contribution is -0.114. The van der Waals surface area contributed by atoms with Crippen LogP contribution >= 0.6 is 0 Å². The van der Waals surface area contributed by atoms with Gasteiger partial charge in [0.15, 0.2) is 0 Å². The molecule has 0 saturated carbocycles. The molecule has 2 atom stereocenters. The monoisotopic (exact) mass is 549 g/mol. The van der Waals surface area contributed by atoms with E-state index in [2.05, 4.69) is 10.0 Å². The summed E-state index contributed by atoms with van der Waals surface area (Å²) in [4.78, 5) is 41.6. The quantitative estimate of drug-likeness (QED) is 0.488. The van der Waals surface area contributed by atoms with Gasteiger partial charge in [-0.2, -0.15) is 0 Å². The molecule has 0 aliphatic carbocycles. The number of aromatic nitrogens is 1. The summed E-state index contributed by atoms with van der Waals surface area (Å²) in [7, 11) is -0.119. The van der Waals surface area contributed by atoms with Crippen molar-refractivity contribution in [3.63, 3.8) is 0 Å². The molecule has 11 heteroatoms. The van der Waals surface area contributed by atoms with Gasteiger partial charge in [-0.05, 0) is 73.0 Å². The van der Waals surface area contributed by atoms with E-state index in [-0.39, 0.29) is 34.2 Å². The van der Waals surface area contributed by atoms with E-state index < -0.39 is 15.6 Å². The van der Waals surface area contributed by atoms with Gasteiger partial charge in [0.1, 0.15) is 5.69 Å². The predicted molar refractivity (Wildman–Crippen MR) is 150 cm³/mol. The molecule has 2 aliphatic rings. The van der Waals surface area contributed by atoms with Crippen LogP contribution in [0.3, 0.4) is 0 Å². The van der Waals surface area contributed by atoms with Crippen molar-refractivity contribution in [2.45, 2.75) is 30.7 Å². The fraction of sp³-hybridized carbons (Fsp3) is 0.321. The van der Waals surface area contributed by atoms with Gasteiger partial charge < -0.3 is 19.7 Å².